The van der Waals surface area contributed by atoms with Crippen molar-refractivity contribution in [1.29, 1.82) is 0 Å². The SMILES string of the molecule is C=C(C)[C@@H]1C(=O)N(c2cc(OC)c(OC)c(OC)c2)[C@H]1c1ccc(OC)c(O)c1. The molecule has 3 rings (SSSR count). The number of phenols is 1. The van der Waals surface area contributed by atoms with Crippen molar-refractivity contribution in [3.05, 3.63) is 48.0 Å². The van der Waals surface area contributed by atoms with Crippen LogP contribution in [-0.4, -0.2) is 39.5 Å². The summed E-state index contributed by atoms with van der Waals surface area (Å²) in [4.78, 5) is 14.7. The predicted molar refractivity (Wildman–Crippen MR) is 109 cm³/mol. The van der Waals surface area contributed by atoms with Gasteiger partial charge >= 0.3 is 0 Å². The molecule has 2 aromatic rings. The number of aromatic hydroxyl groups is 1. The summed E-state index contributed by atoms with van der Waals surface area (Å²) in [7, 11) is 6.05. The first-order valence-corrected chi connectivity index (χ1v) is 9.03. The van der Waals surface area contributed by atoms with Crippen LogP contribution in [0.25, 0.3) is 0 Å². The average Bonchev–Trinajstić information content (AvgIpc) is 2.70. The van der Waals surface area contributed by atoms with Crippen LogP contribution in [0.4, 0.5) is 5.69 Å². The lowest BCUT2D eigenvalue weighted by Crippen LogP contribution is -2.55. The standard InChI is InChI=1S/C22H25NO6/c1-12(2)19-20(13-7-8-16(26-3)15(24)9-13)23(22(19)25)14-10-17(27-4)21(29-6)18(11-14)28-5/h7-11,19-20,24H,1H2,2-6H3/t19-,20-/m0/s1. The summed E-state index contributed by atoms with van der Waals surface area (Å²) in [6, 6.07) is 8.23. The molecule has 1 amide bonds. The lowest BCUT2D eigenvalue weighted by molar-refractivity contribution is -0.128. The van der Waals surface area contributed by atoms with E-state index in [2.05, 4.69) is 6.58 Å². The normalized spacial score (nSPS) is 18.1. The van der Waals surface area contributed by atoms with Crippen molar-refractivity contribution < 1.29 is 28.8 Å². The van der Waals surface area contributed by atoms with Crippen molar-refractivity contribution in [2.75, 3.05) is 33.3 Å². The Balaban J connectivity index is 2.11. The fourth-order valence-electron chi connectivity index (χ4n) is 3.70. The quantitative estimate of drug-likeness (QED) is 0.565. The number of hydrogen-bond donors (Lipinski definition) is 1. The minimum absolute atomic E-state index is 0.00894. The second kappa shape index (κ2) is 7.95. The Morgan fingerprint density at radius 1 is 0.966 bits per heavy atom. The van der Waals surface area contributed by atoms with Gasteiger partial charge in [-0.05, 0) is 24.6 Å². The molecule has 0 spiro atoms. The van der Waals surface area contributed by atoms with Gasteiger partial charge in [0.25, 0.3) is 0 Å². The number of ether oxygens (including phenoxy) is 4. The summed E-state index contributed by atoms with van der Waals surface area (Å²) in [5.74, 6) is 1.23. The molecule has 1 aliphatic heterocycles. The molecule has 0 aliphatic carbocycles. The zero-order valence-corrected chi connectivity index (χ0v) is 17.2. The van der Waals surface area contributed by atoms with Crippen LogP contribution in [0.2, 0.25) is 0 Å². The number of carbonyl (C=O) groups is 1. The van der Waals surface area contributed by atoms with Crippen molar-refractivity contribution in [2.45, 2.75) is 13.0 Å². The van der Waals surface area contributed by atoms with E-state index >= 15 is 0 Å². The van der Waals surface area contributed by atoms with Crippen molar-refractivity contribution in [3.8, 4) is 28.7 Å². The van der Waals surface area contributed by atoms with Crippen LogP contribution < -0.4 is 23.8 Å². The molecule has 1 saturated heterocycles. The monoisotopic (exact) mass is 399 g/mol. The third kappa shape index (κ3) is 3.33. The van der Waals surface area contributed by atoms with Crippen molar-refractivity contribution in [2.24, 2.45) is 5.92 Å². The predicted octanol–water partition coefficient (Wildman–Crippen LogP) is 3.71. The number of anilines is 1. The molecule has 2 atom stereocenters. The molecule has 1 N–H and O–H groups in total. The van der Waals surface area contributed by atoms with Crippen molar-refractivity contribution in [1.82, 2.24) is 0 Å². The molecule has 2 aromatic carbocycles. The van der Waals surface area contributed by atoms with Crippen LogP contribution in [0, 0.1) is 5.92 Å². The summed E-state index contributed by atoms with van der Waals surface area (Å²) < 4.78 is 21.3. The second-order valence-corrected chi connectivity index (χ2v) is 6.79. The summed E-state index contributed by atoms with van der Waals surface area (Å²) in [6.07, 6.45) is 0. The topological polar surface area (TPSA) is 77.5 Å². The van der Waals surface area contributed by atoms with Gasteiger partial charge in [-0.1, -0.05) is 18.2 Å². The van der Waals surface area contributed by atoms with E-state index in [1.165, 1.54) is 28.4 Å². The maximum absolute atomic E-state index is 13.0. The number of hydrogen-bond acceptors (Lipinski definition) is 6. The summed E-state index contributed by atoms with van der Waals surface area (Å²) >= 11 is 0. The first-order chi connectivity index (χ1) is 13.9. The van der Waals surface area contributed by atoms with Gasteiger partial charge in [-0.3, -0.25) is 4.79 Å². The van der Waals surface area contributed by atoms with E-state index in [-0.39, 0.29) is 17.7 Å². The molecule has 0 unspecified atom stereocenters. The Hall–Kier alpha value is -3.35. The summed E-state index contributed by atoms with van der Waals surface area (Å²) in [6.45, 7) is 5.80. The molecule has 154 valence electrons. The number of nitrogens with zero attached hydrogens (tertiary/aromatic N) is 1. The summed E-state index contributed by atoms with van der Waals surface area (Å²) in [5.41, 5.74) is 2.12. The molecule has 1 heterocycles. The fraction of sp³-hybridized carbons (Fsp3) is 0.318. The Kier molecular flexibility index (Phi) is 5.59. The highest BCUT2D eigenvalue weighted by Gasteiger charge is 2.49. The number of β-lactam (4-membered cyclic amide) rings is 1. The third-order valence-corrected chi connectivity index (χ3v) is 5.10. The van der Waals surface area contributed by atoms with Crippen LogP contribution in [-0.2, 0) is 4.79 Å². The van der Waals surface area contributed by atoms with Crippen LogP contribution in [0.3, 0.4) is 0 Å². The number of rotatable bonds is 7. The van der Waals surface area contributed by atoms with Gasteiger partial charge in [-0.15, -0.1) is 0 Å². The Morgan fingerprint density at radius 3 is 2.00 bits per heavy atom. The van der Waals surface area contributed by atoms with Gasteiger partial charge < -0.3 is 29.0 Å². The number of benzene rings is 2. The Labute approximate surface area is 170 Å². The molecule has 0 bridgehead atoms. The minimum Gasteiger partial charge on any atom is -0.504 e. The van der Waals surface area contributed by atoms with Crippen molar-refractivity contribution >= 4 is 11.6 Å². The highest BCUT2D eigenvalue weighted by molar-refractivity contribution is 6.05. The molecule has 1 aliphatic rings. The minimum atomic E-state index is -0.401. The molecule has 0 radical (unpaired) electrons. The molecule has 1 fully saturated rings. The zero-order valence-electron chi connectivity index (χ0n) is 17.2. The van der Waals surface area contributed by atoms with Gasteiger partial charge in [0.15, 0.2) is 23.0 Å². The van der Waals surface area contributed by atoms with Crippen LogP contribution in [0.5, 0.6) is 28.7 Å². The van der Waals surface area contributed by atoms with Crippen LogP contribution in [0.1, 0.15) is 18.5 Å². The van der Waals surface area contributed by atoms with Gasteiger partial charge in [0.1, 0.15) is 0 Å². The van der Waals surface area contributed by atoms with Crippen molar-refractivity contribution in [3.63, 3.8) is 0 Å². The maximum Gasteiger partial charge on any atom is 0.237 e. The van der Waals surface area contributed by atoms with E-state index in [0.717, 1.165) is 11.1 Å². The maximum atomic E-state index is 13.0. The highest BCUT2D eigenvalue weighted by Crippen LogP contribution is 2.50. The van der Waals surface area contributed by atoms with Gasteiger partial charge in [0.05, 0.1) is 46.1 Å². The highest BCUT2D eigenvalue weighted by atomic mass is 16.5. The van der Waals surface area contributed by atoms with Gasteiger partial charge in [-0.25, -0.2) is 0 Å². The van der Waals surface area contributed by atoms with Gasteiger partial charge in [0, 0.05) is 12.1 Å². The van der Waals surface area contributed by atoms with E-state index in [4.69, 9.17) is 18.9 Å². The first-order valence-electron chi connectivity index (χ1n) is 9.03. The molecular formula is C22H25NO6. The fourth-order valence-corrected chi connectivity index (χ4v) is 3.70. The Morgan fingerprint density at radius 2 is 1.55 bits per heavy atom. The zero-order chi connectivity index (χ0) is 21.3. The first kappa shape index (κ1) is 20.4. The van der Waals surface area contributed by atoms with E-state index in [0.29, 0.717) is 28.7 Å². The number of amides is 1. The van der Waals surface area contributed by atoms with Crippen LogP contribution >= 0.6 is 0 Å². The van der Waals surface area contributed by atoms with Gasteiger partial charge in [-0.2, -0.15) is 0 Å². The summed E-state index contributed by atoms with van der Waals surface area (Å²) in [5, 5.41) is 10.2. The number of carbonyl (C=O) groups excluding carboxylic acids is 1. The van der Waals surface area contributed by atoms with E-state index in [9.17, 15) is 9.90 Å². The molecule has 29 heavy (non-hydrogen) atoms. The lowest BCUT2D eigenvalue weighted by Gasteiger charge is -2.48. The Bertz CT molecular complexity index is 929. The molecule has 0 saturated carbocycles. The van der Waals surface area contributed by atoms with Gasteiger partial charge in [0.2, 0.25) is 11.7 Å². The third-order valence-electron chi connectivity index (χ3n) is 5.10. The molecule has 7 heteroatoms. The number of methoxy groups -OCH3 is 4. The smallest absolute Gasteiger partial charge is 0.237 e. The lowest BCUT2D eigenvalue weighted by atomic mass is 9.78. The van der Waals surface area contributed by atoms with Crippen LogP contribution in [0.15, 0.2) is 42.5 Å². The largest absolute Gasteiger partial charge is 0.504 e. The molecule has 0 aromatic heterocycles. The average molecular weight is 399 g/mol. The van der Waals surface area contributed by atoms with E-state index in [1.807, 2.05) is 13.0 Å². The second-order valence-electron chi connectivity index (χ2n) is 6.79. The molecular weight excluding hydrogens is 374 g/mol. The van der Waals surface area contributed by atoms with E-state index < -0.39 is 5.92 Å². The molecule has 7 nitrogen and oxygen atoms in total. The number of phenolic OH excluding ortho intramolecular Hbond substituents is 1. The van der Waals surface area contributed by atoms with E-state index in [1.54, 1.807) is 29.2 Å².